The summed E-state index contributed by atoms with van der Waals surface area (Å²) in [6.45, 7) is 1.51. The topological polar surface area (TPSA) is 74.7 Å². The van der Waals surface area contributed by atoms with Crippen LogP contribution in [-0.2, 0) is 14.4 Å². The van der Waals surface area contributed by atoms with Crippen molar-refractivity contribution in [2.75, 3.05) is 6.61 Å². The quantitative estimate of drug-likeness (QED) is 0.515. The number of amides is 2. The summed E-state index contributed by atoms with van der Waals surface area (Å²) in [5, 5.41) is 9.27. The number of unbranched alkanes of at least 4 members (excludes halogenated alkanes) is 6. The van der Waals surface area contributed by atoms with E-state index in [4.69, 9.17) is 0 Å². The second kappa shape index (κ2) is 10.7. The number of rotatable bonds is 12. The highest BCUT2D eigenvalue weighted by Gasteiger charge is 2.45. The van der Waals surface area contributed by atoms with E-state index >= 15 is 0 Å². The Balaban J connectivity index is 1.85. The van der Waals surface area contributed by atoms with Crippen LogP contribution in [0.1, 0.15) is 96.8 Å². The van der Waals surface area contributed by atoms with Crippen LogP contribution in [0.3, 0.4) is 0 Å². The monoisotopic (exact) mass is 377 g/mol. The van der Waals surface area contributed by atoms with Crippen molar-refractivity contribution in [2.45, 2.75) is 96.8 Å². The third kappa shape index (κ3) is 6.87. The molecule has 2 amide bonds. The Kier molecular flexibility index (Phi) is 8.68. The van der Waals surface area contributed by atoms with E-state index in [0.717, 1.165) is 30.6 Å². The first-order chi connectivity index (χ1) is 13.0. The van der Waals surface area contributed by atoms with Gasteiger partial charge in [-0.2, -0.15) is 0 Å². The van der Waals surface area contributed by atoms with Crippen molar-refractivity contribution in [3.63, 3.8) is 0 Å². The molecule has 2 aliphatic carbocycles. The van der Waals surface area contributed by atoms with E-state index in [9.17, 15) is 19.5 Å². The Morgan fingerprint density at radius 3 is 2.30 bits per heavy atom. The lowest BCUT2D eigenvalue weighted by Crippen LogP contribution is -2.40. The van der Waals surface area contributed by atoms with Crippen molar-refractivity contribution < 1.29 is 19.5 Å². The van der Waals surface area contributed by atoms with E-state index in [1.807, 2.05) is 0 Å². The minimum atomic E-state index is -0.706. The van der Waals surface area contributed by atoms with Crippen molar-refractivity contribution >= 4 is 17.6 Å². The Bertz CT molecular complexity index is 563. The van der Waals surface area contributed by atoms with Crippen molar-refractivity contribution in [3.05, 3.63) is 11.8 Å². The summed E-state index contributed by atoms with van der Waals surface area (Å²) in [4.78, 5) is 37.8. The lowest BCUT2D eigenvalue weighted by molar-refractivity contribution is -0.145. The van der Waals surface area contributed by atoms with Gasteiger partial charge in [-0.3, -0.25) is 19.3 Å². The molecule has 152 valence electrons. The average Bonchev–Trinajstić information content (AvgIpc) is 3.40. The summed E-state index contributed by atoms with van der Waals surface area (Å²) in [6, 6.07) is 0. The smallest absolute Gasteiger partial charge is 0.259 e. The van der Waals surface area contributed by atoms with Gasteiger partial charge >= 0.3 is 0 Å². The van der Waals surface area contributed by atoms with E-state index in [1.165, 1.54) is 44.6 Å². The molecule has 2 rings (SSSR count). The van der Waals surface area contributed by atoms with Crippen molar-refractivity contribution in [2.24, 2.45) is 5.41 Å². The van der Waals surface area contributed by atoms with Crippen LogP contribution in [0, 0.1) is 5.41 Å². The number of carbonyl (C=O) groups is 3. The summed E-state index contributed by atoms with van der Waals surface area (Å²) >= 11 is 0. The van der Waals surface area contributed by atoms with Crippen LogP contribution in [0.2, 0.25) is 0 Å². The summed E-state index contributed by atoms with van der Waals surface area (Å²) in [5.41, 5.74) is 0.496. The second-order valence-electron chi connectivity index (χ2n) is 8.28. The molecular weight excluding hydrogens is 342 g/mol. The number of ketones is 1. The molecule has 1 saturated carbocycles. The first-order valence-electron chi connectivity index (χ1n) is 10.7. The van der Waals surface area contributed by atoms with Crippen molar-refractivity contribution in [1.82, 2.24) is 4.90 Å². The molecule has 0 aromatic carbocycles. The summed E-state index contributed by atoms with van der Waals surface area (Å²) in [7, 11) is 0. The fraction of sp³-hybridized carbons (Fsp3) is 0.773. The standard InChI is InChI=1S/C22H35NO4/c1-2-3-4-5-6-7-8-12-22(13-14-22)16-20(26)23(21(27)17-24)18-10-9-11-19(25)15-18/h15,24H,2-14,16-17H2,1H3. The van der Waals surface area contributed by atoms with Gasteiger partial charge in [0.1, 0.15) is 6.61 Å². The molecule has 0 atom stereocenters. The van der Waals surface area contributed by atoms with Crippen LogP contribution in [-0.4, -0.2) is 34.2 Å². The first kappa shape index (κ1) is 21.8. The van der Waals surface area contributed by atoms with Crippen LogP contribution >= 0.6 is 0 Å². The fourth-order valence-electron chi connectivity index (χ4n) is 4.03. The highest BCUT2D eigenvalue weighted by molar-refractivity contribution is 6.00. The molecule has 1 fully saturated rings. The molecule has 0 heterocycles. The Hall–Kier alpha value is -1.49. The molecule has 0 aliphatic heterocycles. The summed E-state index contributed by atoms with van der Waals surface area (Å²) in [5.74, 6) is -0.924. The maximum absolute atomic E-state index is 12.9. The summed E-state index contributed by atoms with van der Waals surface area (Å²) < 4.78 is 0. The number of allylic oxidation sites excluding steroid dienone is 2. The molecule has 5 heteroatoms. The molecule has 0 spiro atoms. The van der Waals surface area contributed by atoms with Gasteiger partial charge in [-0.05, 0) is 37.5 Å². The van der Waals surface area contributed by atoms with E-state index < -0.39 is 12.5 Å². The third-order valence-electron chi connectivity index (χ3n) is 5.90. The fourth-order valence-corrected chi connectivity index (χ4v) is 4.03. The number of imide groups is 1. The van der Waals surface area contributed by atoms with Gasteiger partial charge in [0, 0.05) is 24.6 Å². The number of hydrogen-bond donors (Lipinski definition) is 1. The van der Waals surface area contributed by atoms with E-state index in [1.54, 1.807) is 0 Å². The van der Waals surface area contributed by atoms with Crippen LogP contribution in [0.5, 0.6) is 0 Å². The van der Waals surface area contributed by atoms with Gasteiger partial charge in [-0.1, -0.05) is 51.9 Å². The Morgan fingerprint density at radius 2 is 1.70 bits per heavy atom. The van der Waals surface area contributed by atoms with Gasteiger partial charge in [-0.15, -0.1) is 0 Å². The average molecular weight is 378 g/mol. The zero-order valence-corrected chi connectivity index (χ0v) is 16.8. The zero-order chi connectivity index (χ0) is 19.7. The number of nitrogens with zero attached hydrogens (tertiary/aromatic N) is 1. The van der Waals surface area contributed by atoms with Gasteiger partial charge in [-0.25, -0.2) is 0 Å². The minimum absolute atomic E-state index is 0.0354. The van der Waals surface area contributed by atoms with Crippen LogP contribution in [0.15, 0.2) is 11.8 Å². The maximum Gasteiger partial charge on any atom is 0.259 e. The minimum Gasteiger partial charge on any atom is -0.387 e. The van der Waals surface area contributed by atoms with Gasteiger partial charge < -0.3 is 5.11 Å². The molecule has 0 bridgehead atoms. The van der Waals surface area contributed by atoms with Crippen LogP contribution < -0.4 is 0 Å². The van der Waals surface area contributed by atoms with E-state index in [0.29, 0.717) is 31.4 Å². The van der Waals surface area contributed by atoms with Gasteiger partial charge in [0.2, 0.25) is 5.91 Å². The van der Waals surface area contributed by atoms with Crippen LogP contribution in [0.25, 0.3) is 0 Å². The van der Waals surface area contributed by atoms with E-state index in [-0.39, 0.29) is 17.1 Å². The Morgan fingerprint density at radius 1 is 1.04 bits per heavy atom. The Labute approximate surface area is 163 Å². The van der Waals surface area contributed by atoms with Crippen LogP contribution in [0.4, 0.5) is 0 Å². The molecule has 0 unspecified atom stereocenters. The second-order valence-corrected chi connectivity index (χ2v) is 8.28. The zero-order valence-electron chi connectivity index (χ0n) is 16.8. The third-order valence-corrected chi connectivity index (χ3v) is 5.90. The van der Waals surface area contributed by atoms with E-state index in [2.05, 4.69) is 6.92 Å². The highest BCUT2D eigenvalue weighted by Crippen LogP contribution is 2.53. The highest BCUT2D eigenvalue weighted by atomic mass is 16.3. The molecule has 0 aromatic heterocycles. The predicted octanol–water partition coefficient (Wildman–Crippen LogP) is 4.28. The molecule has 0 radical (unpaired) electrons. The molecule has 0 saturated heterocycles. The van der Waals surface area contributed by atoms with Gasteiger partial charge in [0.05, 0.1) is 0 Å². The number of hydrogen-bond acceptors (Lipinski definition) is 4. The molecule has 27 heavy (non-hydrogen) atoms. The van der Waals surface area contributed by atoms with Crippen molar-refractivity contribution in [1.29, 1.82) is 0 Å². The SMILES string of the molecule is CCCCCCCCCC1(CC(=O)N(C(=O)CO)C2=CC(=O)CCC2)CC1. The predicted molar refractivity (Wildman–Crippen MR) is 105 cm³/mol. The molecule has 1 N–H and O–H groups in total. The number of aliphatic hydroxyl groups is 1. The normalized spacial score (nSPS) is 18.1. The summed E-state index contributed by atoms with van der Waals surface area (Å²) in [6.07, 6.45) is 15.3. The number of carbonyl (C=O) groups excluding carboxylic acids is 3. The first-order valence-corrected chi connectivity index (χ1v) is 10.7. The number of aliphatic hydroxyl groups excluding tert-OH is 1. The van der Waals surface area contributed by atoms with Gasteiger partial charge in [0.15, 0.2) is 5.78 Å². The lowest BCUT2D eigenvalue weighted by Gasteiger charge is -2.27. The maximum atomic E-state index is 12.9. The molecule has 2 aliphatic rings. The molecule has 5 nitrogen and oxygen atoms in total. The molecule has 0 aromatic rings. The van der Waals surface area contributed by atoms with Crippen molar-refractivity contribution in [3.8, 4) is 0 Å². The van der Waals surface area contributed by atoms with Gasteiger partial charge in [0.25, 0.3) is 5.91 Å². The lowest BCUT2D eigenvalue weighted by atomic mass is 9.93. The largest absolute Gasteiger partial charge is 0.387 e. The molecular formula is C22H35NO4.